The van der Waals surface area contributed by atoms with E-state index in [2.05, 4.69) is 56.4 Å². The quantitative estimate of drug-likeness (QED) is 0.720. The first-order valence-corrected chi connectivity index (χ1v) is 5.03. The monoisotopic (exact) mass is 189 g/mol. The maximum absolute atomic E-state index is 3.31. The molecule has 76 valence electrons. The van der Waals surface area contributed by atoms with E-state index in [0.717, 1.165) is 0 Å². The lowest BCUT2D eigenvalue weighted by molar-refractivity contribution is 0.705. The normalized spacial score (nSPS) is 12.3. The van der Waals surface area contributed by atoms with Gasteiger partial charge >= 0.3 is 0 Å². The second-order valence-electron chi connectivity index (χ2n) is 3.87. The molecule has 0 aliphatic rings. The summed E-state index contributed by atoms with van der Waals surface area (Å²) in [5.74, 6) is 0. The summed E-state index contributed by atoms with van der Waals surface area (Å²) >= 11 is 0. The topological polar surface area (TPSA) is 12.0 Å². The molecule has 1 rings (SSSR count). The van der Waals surface area contributed by atoms with E-state index in [9.17, 15) is 0 Å². The second-order valence-corrected chi connectivity index (χ2v) is 3.87. The van der Waals surface area contributed by atoms with Crippen LogP contribution in [0.25, 0.3) is 0 Å². The van der Waals surface area contributed by atoms with E-state index in [1.807, 2.05) is 7.05 Å². The Morgan fingerprint density at radius 2 is 1.93 bits per heavy atom. The first kappa shape index (κ1) is 11.0. The van der Waals surface area contributed by atoms with E-state index < -0.39 is 0 Å². The van der Waals surface area contributed by atoms with E-state index in [1.165, 1.54) is 16.7 Å². The number of allylic oxidation sites excluding steroid dienone is 1. The second kappa shape index (κ2) is 4.97. The summed E-state index contributed by atoms with van der Waals surface area (Å²) in [6, 6.07) is 8.83. The fraction of sp³-hybridized carbons (Fsp3) is 0.385. The number of likely N-dealkylation sites (N-methyl/N-ethyl adjacent to an activating group) is 1. The van der Waals surface area contributed by atoms with Crippen LogP contribution in [0.3, 0.4) is 0 Å². The van der Waals surface area contributed by atoms with E-state index >= 15 is 0 Å². The van der Waals surface area contributed by atoms with E-state index in [4.69, 9.17) is 0 Å². The minimum Gasteiger partial charge on any atom is -0.310 e. The van der Waals surface area contributed by atoms with Crippen LogP contribution >= 0.6 is 0 Å². The van der Waals surface area contributed by atoms with Crippen LogP contribution in [-0.2, 0) is 0 Å². The van der Waals surface area contributed by atoms with Crippen molar-refractivity contribution in [2.75, 3.05) is 7.05 Å². The van der Waals surface area contributed by atoms with Crippen LogP contribution < -0.4 is 5.32 Å². The summed E-state index contributed by atoms with van der Waals surface area (Å²) in [6.07, 6.45) is 2.25. The lowest BCUT2D eigenvalue weighted by Crippen LogP contribution is -2.15. The highest BCUT2D eigenvalue weighted by Gasteiger charge is 2.07. The molecule has 0 radical (unpaired) electrons. The van der Waals surface area contributed by atoms with Gasteiger partial charge in [0.1, 0.15) is 0 Å². The van der Waals surface area contributed by atoms with Gasteiger partial charge in [-0.15, -0.1) is 0 Å². The highest BCUT2D eigenvalue weighted by molar-refractivity contribution is 5.31. The van der Waals surface area contributed by atoms with Crippen molar-refractivity contribution < 1.29 is 0 Å². The average molecular weight is 189 g/mol. The molecule has 0 heterocycles. The summed E-state index contributed by atoms with van der Waals surface area (Å²) in [5, 5.41) is 3.31. The molecule has 0 fully saturated rings. The molecule has 1 unspecified atom stereocenters. The molecule has 0 aliphatic heterocycles. The molecule has 14 heavy (non-hydrogen) atoms. The molecule has 0 amide bonds. The molecular weight excluding hydrogens is 170 g/mol. The van der Waals surface area contributed by atoms with Crippen LogP contribution in [0.2, 0.25) is 0 Å². The molecule has 0 saturated heterocycles. The van der Waals surface area contributed by atoms with E-state index in [0.29, 0.717) is 6.04 Å². The van der Waals surface area contributed by atoms with Crippen LogP contribution in [0.15, 0.2) is 35.9 Å². The molecular formula is C13H19N. The lowest BCUT2D eigenvalue weighted by atomic mass is 10.00. The number of hydrogen-bond acceptors (Lipinski definition) is 1. The number of rotatable bonds is 3. The average Bonchev–Trinajstić information content (AvgIpc) is 2.15. The third-order valence-corrected chi connectivity index (χ3v) is 2.33. The number of benzene rings is 1. The fourth-order valence-electron chi connectivity index (χ4n) is 1.60. The fourth-order valence-corrected chi connectivity index (χ4v) is 1.60. The van der Waals surface area contributed by atoms with Crippen molar-refractivity contribution in [3.8, 4) is 0 Å². The van der Waals surface area contributed by atoms with Gasteiger partial charge in [-0.25, -0.2) is 0 Å². The zero-order valence-electron chi connectivity index (χ0n) is 9.46. The minimum atomic E-state index is 0.334. The predicted octanol–water partition coefficient (Wildman–Crippen LogP) is 3.22. The SMILES string of the molecule is CNC(C=C(C)C)c1ccccc1C. The summed E-state index contributed by atoms with van der Waals surface area (Å²) in [6.45, 7) is 6.41. The van der Waals surface area contributed by atoms with Crippen molar-refractivity contribution in [1.29, 1.82) is 0 Å². The Morgan fingerprint density at radius 3 is 2.43 bits per heavy atom. The molecule has 1 nitrogen and oxygen atoms in total. The molecule has 1 atom stereocenters. The molecule has 1 aromatic carbocycles. The van der Waals surface area contributed by atoms with Crippen molar-refractivity contribution in [2.45, 2.75) is 26.8 Å². The van der Waals surface area contributed by atoms with Crippen LogP contribution in [0, 0.1) is 6.92 Å². The molecule has 0 saturated carbocycles. The smallest absolute Gasteiger partial charge is 0.0508 e. The Morgan fingerprint density at radius 1 is 1.29 bits per heavy atom. The zero-order chi connectivity index (χ0) is 10.6. The van der Waals surface area contributed by atoms with Crippen molar-refractivity contribution in [1.82, 2.24) is 5.32 Å². The molecule has 1 aromatic rings. The van der Waals surface area contributed by atoms with Gasteiger partial charge in [0, 0.05) is 0 Å². The van der Waals surface area contributed by atoms with Crippen LogP contribution in [0.5, 0.6) is 0 Å². The molecule has 0 aromatic heterocycles. The third kappa shape index (κ3) is 2.71. The van der Waals surface area contributed by atoms with E-state index in [-0.39, 0.29) is 0 Å². The first-order chi connectivity index (χ1) is 6.65. The van der Waals surface area contributed by atoms with Gasteiger partial charge in [-0.3, -0.25) is 0 Å². The van der Waals surface area contributed by atoms with Gasteiger partial charge in [-0.05, 0) is 38.9 Å². The molecule has 1 heteroatoms. The highest BCUT2D eigenvalue weighted by atomic mass is 14.9. The maximum atomic E-state index is 3.31. The number of nitrogens with one attached hydrogen (secondary N) is 1. The maximum Gasteiger partial charge on any atom is 0.0508 e. The van der Waals surface area contributed by atoms with Gasteiger partial charge in [0.2, 0.25) is 0 Å². The van der Waals surface area contributed by atoms with Gasteiger partial charge in [-0.2, -0.15) is 0 Å². The Bertz CT molecular complexity index is 322. The van der Waals surface area contributed by atoms with Crippen molar-refractivity contribution >= 4 is 0 Å². The third-order valence-electron chi connectivity index (χ3n) is 2.33. The molecule has 0 bridgehead atoms. The minimum absolute atomic E-state index is 0.334. The predicted molar refractivity (Wildman–Crippen MR) is 62.4 cm³/mol. The van der Waals surface area contributed by atoms with Gasteiger partial charge in [-0.1, -0.05) is 35.9 Å². The van der Waals surface area contributed by atoms with Crippen LogP contribution in [0.4, 0.5) is 0 Å². The van der Waals surface area contributed by atoms with Gasteiger partial charge < -0.3 is 5.32 Å². The largest absolute Gasteiger partial charge is 0.310 e. The Kier molecular flexibility index (Phi) is 3.90. The van der Waals surface area contributed by atoms with Crippen molar-refractivity contribution in [3.05, 3.63) is 47.0 Å². The van der Waals surface area contributed by atoms with Crippen molar-refractivity contribution in [3.63, 3.8) is 0 Å². The lowest BCUT2D eigenvalue weighted by Gasteiger charge is -2.15. The molecule has 1 N–H and O–H groups in total. The van der Waals surface area contributed by atoms with Crippen LogP contribution in [0.1, 0.15) is 31.0 Å². The Balaban J connectivity index is 3.01. The number of aryl methyl sites for hydroxylation is 1. The highest BCUT2D eigenvalue weighted by Crippen LogP contribution is 2.19. The summed E-state index contributed by atoms with van der Waals surface area (Å²) in [7, 11) is 2.00. The number of hydrogen-bond donors (Lipinski definition) is 1. The van der Waals surface area contributed by atoms with Gasteiger partial charge in [0.05, 0.1) is 6.04 Å². The summed E-state index contributed by atoms with van der Waals surface area (Å²) in [4.78, 5) is 0. The first-order valence-electron chi connectivity index (χ1n) is 5.03. The molecule has 0 spiro atoms. The zero-order valence-corrected chi connectivity index (χ0v) is 9.46. The Labute approximate surface area is 86.8 Å². The van der Waals surface area contributed by atoms with E-state index in [1.54, 1.807) is 0 Å². The van der Waals surface area contributed by atoms with Crippen molar-refractivity contribution in [2.24, 2.45) is 0 Å². The summed E-state index contributed by atoms with van der Waals surface area (Å²) in [5.41, 5.74) is 4.04. The standard InChI is InChI=1S/C13H19N/c1-10(2)9-13(14-4)12-8-6-5-7-11(12)3/h5-9,13-14H,1-4H3. The Hall–Kier alpha value is -1.08. The molecule has 0 aliphatic carbocycles. The summed E-state index contributed by atoms with van der Waals surface area (Å²) < 4.78 is 0. The van der Waals surface area contributed by atoms with Gasteiger partial charge in [0.25, 0.3) is 0 Å². The van der Waals surface area contributed by atoms with Gasteiger partial charge in [0.15, 0.2) is 0 Å². The van der Waals surface area contributed by atoms with Crippen LogP contribution in [-0.4, -0.2) is 7.05 Å².